The van der Waals surface area contributed by atoms with Gasteiger partial charge in [-0.25, -0.2) is 0 Å². The first-order chi connectivity index (χ1) is 18.8. The summed E-state index contributed by atoms with van der Waals surface area (Å²) in [5, 5.41) is 3.22. The Morgan fingerprint density at radius 3 is 2.36 bits per heavy atom. The van der Waals surface area contributed by atoms with E-state index in [1.807, 2.05) is 66.9 Å². The van der Waals surface area contributed by atoms with E-state index in [1.165, 1.54) is 0 Å². The molecule has 1 saturated heterocycles. The van der Waals surface area contributed by atoms with Gasteiger partial charge in [-0.2, -0.15) is 0 Å². The Hall–Kier alpha value is -4.10. The quantitative estimate of drug-likeness (QED) is 0.168. The molecule has 1 aliphatic rings. The first kappa shape index (κ1) is 25.2. The van der Waals surface area contributed by atoms with E-state index >= 15 is 0 Å². The number of halogens is 1. The molecule has 39 heavy (non-hydrogen) atoms. The highest BCUT2D eigenvalue weighted by Gasteiger charge is 2.48. The number of hydrogen-bond donors (Lipinski definition) is 1. The van der Waals surface area contributed by atoms with Gasteiger partial charge in [0.05, 0.1) is 4.47 Å². The van der Waals surface area contributed by atoms with Crippen LogP contribution in [0, 0.1) is 5.92 Å². The molecule has 0 amide bonds. The maximum Gasteiger partial charge on any atom is 0.324 e. The molecule has 196 valence electrons. The Balaban J connectivity index is 1.36. The number of carbonyl (C=O) groups excluding carboxylic acids is 2. The zero-order valence-corrected chi connectivity index (χ0v) is 23.0. The first-order valence-corrected chi connectivity index (χ1v) is 13.5. The summed E-state index contributed by atoms with van der Waals surface area (Å²) in [4.78, 5) is 29.7. The van der Waals surface area contributed by atoms with Crippen LogP contribution in [0.4, 0.5) is 0 Å². The lowest BCUT2D eigenvalue weighted by molar-refractivity contribution is -0.240. The Bertz CT molecular complexity index is 1700. The minimum absolute atomic E-state index is 0.390. The van der Waals surface area contributed by atoms with Crippen LogP contribution in [0.5, 0.6) is 5.75 Å². The number of H-pyrrole nitrogens is 1. The normalized spacial score (nSPS) is 16.2. The van der Waals surface area contributed by atoms with Crippen molar-refractivity contribution in [3.05, 3.63) is 112 Å². The highest BCUT2D eigenvalue weighted by Crippen LogP contribution is 2.42. The van der Waals surface area contributed by atoms with Crippen molar-refractivity contribution in [3.8, 4) is 5.75 Å². The van der Waals surface area contributed by atoms with Gasteiger partial charge in [-0.3, -0.25) is 9.59 Å². The van der Waals surface area contributed by atoms with Gasteiger partial charge in [0.1, 0.15) is 12.4 Å². The van der Waals surface area contributed by atoms with Crippen LogP contribution >= 0.6 is 15.9 Å². The summed E-state index contributed by atoms with van der Waals surface area (Å²) in [6.07, 6.45) is 1.84. The summed E-state index contributed by atoms with van der Waals surface area (Å²) in [6, 6.07) is 27.8. The van der Waals surface area contributed by atoms with Crippen molar-refractivity contribution in [2.75, 3.05) is 0 Å². The average Bonchev–Trinajstić information content (AvgIpc) is 3.33. The van der Waals surface area contributed by atoms with Crippen LogP contribution in [0.1, 0.15) is 36.5 Å². The van der Waals surface area contributed by atoms with Crippen molar-refractivity contribution in [2.45, 2.75) is 32.2 Å². The van der Waals surface area contributed by atoms with E-state index in [9.17, 15) is 9.59 Å². The number of esters is 2. The zero-order valence-electron chi connectivity index (χ0n) is 21.4. The molecule has 0 saturated carbocycles. The number of ether oxygens (including phenoxy) is 3. The number of rotatable bonds is 6. The van der Waals surface area contributed by atoms with Crippen molar-refractivity contribution in [1.82, 2.24) is 4.98 Å². The fourth-order valence-corrected chi connectivity index (χ4v) is 5.82. The van der Waals surface area contributed by atoms with E-state index in [0.717, 1.165) is 38.4 Å². The first-order valence-electron chi connectivity index (χ1n) is 12.7. The number of aromatic amines is 1. The molecule has 6 nitrogen and oxygen atoms in total. The van der Waals surface area contributed by atoms with Gasteiger partial charge in [-0.15, -0.1) is 0 Å². The van der Waals surface area contributed by atoms with Crippen molar-refractivity contribution in [1.29, 1.82) is 0 Å². The Labute approximate surface area is 234 Å². The summed E-state index contributed by atoms with van der Waals surface area (Å²) in [5.74, 6) is -3.68. The molecule has 1 fully saturated rings. The van der Waals surface area contributed by atoms with Gasteiger partial charge in [0, 0.05) is 36.9 Å². The highest BCUT2D eigenvalue weighted by molar-refractivity contribution is 9.10. The Kier molecular flexibility index (Phi) is 6.39. The topological polar surface area (TPSA) is 77.6 Å². The van der Waals surface area contributed by atoms with Gasteiger partial charge < -0.3 is 19.2 Å². The van der Waals surface area contributed by atoms with Crippen molar-refractivity contribution >= 4 is 49.5 Å². The van der Waals surface area contributed by atoms with Gasteiger partial charge in [0.25, 0.3) is 5.79 Å². The molecule has 0 bridgehead atoms. The molecule has 1 aliphatic heterocycles. The number of aromatic nitrogens is 1. The molecule has 5 aromatic rings. The second-order valence-corrected chi connectivity index (χ2v) is 11.0. The summed E-state index contributed by atoms with van der Waals surface area (Å²) >= 11 is 3.66. The molecule has 6 rings (SSSR count). The lowest BCUT2D eigenvalue weighted by Gasteiger charge is -2.36. The fraction of sp³-hybridized carbons (Fsp3) is 0.188. The summed E-state index contributed by atoms with van der Waals surface area (Å²) in [5.41, 5.74) is 3.55. The smallest absolute Gasteiger partial charge is 0.324 e. The van der Waals surface area contributed by atoms with E-state index in [-0.39, 0.29) is 0 Å². The van der Waals surface area contributed by atoms with Gasteiger partial charge in [-0.1, -0.05) is 66.7 Å². The van der Waals surface area contributed by atoms with Gasteiger partial charge in [0.2, 0.25) is 0 Å². The maximum absolute atomic E-state index is 13.2. The molecule has 0 unspecified atom stereocenters. The van der Waals surface area contributed by atoms with E-state index in [2.05, 4.69) is 45.2 Å². The lowest BCUT2D eigenvalue weighted by Crippen LogP contribution is -2.48. The number of benzene rings is 4. The van der Waals surface area contributed by atoms with Crippen LogP contribution in [0.15, 0.2) is 95.6 Å². The number of hydrogen-bond acceptors (Lipinski definition) is 5. The fourth-order valence-electron chi connectivity index (χ4n) is 5.30. The second-order valence-electron chi connectivity index (χ2n) is 10.1. The van der Waals surface area contributed by atoms with Crippen LogP contribution in [0.2, 0.25) is 0 Å². The van der Waals surface area contributed by atoms with E-state index in [4.69, 9.17) is 14.2 Å². The molecule has 1 N–H and O–H groups in total. The number of nitrogens with one attached hydrogen (secondary N) is 1. The minimum Gasteiger partial charge on any atom is -0.488 e. The molecule has 2 heterocycles. The molecule has 0 radical (unpaired) electrons. The molecule has 0 spiro atoms. The van der Waals surface area contributed by atoms with Crippen LogP contribution in [-0.4, -0.2) is 22.7 Å². The van der Waals surface area contributed by atoms with E-state index in [1.54, 1.807) is 13.8 Å². The molecule has 0 aliphatic carbocycles. The zero-order chi connectivity index (χ0) is 27.1. The third-order valence-electron chi connectivity index (χ3n) is 7.07. The van der Waals surface area contributed by atoms with Crippen molar-refractivity contribution < 1.29 is 23.8 Å². The SMILES string of the molecule is CC1(C)OC(=O)C([C@H](c2ccc(OCc3cccc4ccccc34)c(Br)c2)c2c[nH]c3ccccc23)C(=O)O1. The minimum atomic E-state index is -1.31. The Morgan fingerprint density at radius 2 is 1.59 bits per heavy atom. The molecule has 1 aromatic heterocycles. The van der Waals surface area contributed by atoms with Gasteiger partial charge in [-0.05, 0) is 61.6 Å². The maximum atomic E-state index is 13.2. The Morgan fingerprint density at radius 1 is 0.897 bits per heavy atom. The van der Waals surface area contributed by atoms with Gasteiger partial charge in [0.15, 0.2) is 5.92 Å². The highest BCUT2D eigenvalue weighted by atomic mass is 79.9. The number of para-hydroxylation sites is 1. The molecule has 1 atom stereocenters. The lowest BCUT2D eigenvalue weighted by atomic mass is 9.80. The predicted octanol–water partition coefficient (Wildman–Crippen LogP) is 7.25. The third-order valence-corrected chi connectivity index (χ3v) is 7.69. The number of fused-ring (bicyclic) bond motifs is 2. The summed E-state index contributed by atoms with van der Waals surface area (Å²) < 4.78 is 18.0. The summed E-state index contributed by atoms with van der Waals surface area (Å²) in [6.45, 7) is 3.50. The molecule has 4 aromatic carbocycles. The monoisotopic (exact) mass is 583 g/mol. The van der Waals surface area contributed by atoms with Gasteiger partial charge >= 0.3 is 11.9 Å². The molecular formula is C32H26BrNO5. The third kappa shape index (κ3) is 4.79. The second kappa shape index (κ2) is 9.89. The number of cyclic esters (lactones) is 2. The van der Waals surface area contributed by atoms with Crippen LogP contribution in [0.3, 0.4) is 0 Å². The van der Waals surface area contributed by atoms with Crippen LogP contribution < -0.4 is 4.74 Å². The van der Waals surface area contributed by atoms with E-state index in [0.29, 0.717) is 16.8 Å². The predicted molar refractivity (Wildman–Crippen MR) is 152 cm³/mol. The van der Waals surface area contributed by atoms with Crippen LogP contribution in [0.25, 0.3) is 21.7 Å². The van der Waals surface area contributed by atoms with Crippen molar-refractivity contribution in [3.63, 3.8) is 0 Å². The summed E-state index contributed by atoms with van der Waals surface area (Å²) in [7, 11) is 0. The molecular weight excluding hydrogens is 558 g/mol. The largest absolute Gasteiger partial charge is 0.488 e. The number of carbonyl (C=O) groups is 2. The standard InChI is InChI=1S/C32H26BrNO5/c1-32(2)38-30(35)29(31(36)39-32)28(24-17-34-26-13-6-5-12-23(24)26)20-14-15-27(25(33)16-20)37-18-21-10-7-9-19-8-3-4-11-22(19)21/h3-17,28-29,34H,18H2,1-2H3/t28-/m1/s1. The van der Waals surface area contributed by atoms with Crippen LogP contribution in [-0.2, 0) is 25.7 Å². The van der Waals surface area contributed by atoms with Crippen molar-refractivity contribution in [2.24, 2.45) is 5.92 Å². The average molecular weight is 584 g/mol. The molecule has 7 heteroatoms. The van der Waals surface area contributed by atoms with E-state index < -0.39 is 29.6 Å².